The van der Waals surface area contributed by atoms with E-state index < -0.39 is 11.7 Å². The van der Waals surface area contributed by atoms with Gasteiger partial charge < -0.3 is 25.4 Å². The summed E-state index contributed by atoms with van der Waals surface area (Å²) in [6, 6.07) is 9.31. The van der Waals surface area contributed by atoms with Crippen LogP contribution in [0.15, 0.2) is 48.9 Å². The maximum absolute atomic E-state index is 12.6. The van der Waals surface area contributed by atoms with Crippen molar-refractivity contribution in [2.45, 2.75) is 65.5 Å². The summed E-state index contributed by atoms with van der Waals surface area (Å²) in [4.78, 5) is 45.2. The van der Waals surface area contributed by atoms with Gasteiger partial charge in [-0.3, -0.25) is 10.3 Å². The summed E-state index contributed by atoms with van der Waals surface area (Å²) >= 11 is 0. The lowest BCUT2D eigenvalue weighted by molar-refractivity contribution is 0.0508. The molecule has 1 aliphatic rings. The Kier molecular flexibility index (Phi) is 10.7. The third-order valence-corrected chi connectivity index (χ3v) is 7.34. The number of alkyl carbamates (subject to hydrolysis) is 2. The van der Waals surface area contributed by atoms with Gasteiger partial charge in [-0.1, -0.05) is 12.1 Å². The van der Waals surface area contributed by atoms with Crippen LogP contribution in [0.25, 0.3) is 21.9 Å². The number of rotatable bonds is 9. The first-order chi connectivity index (χ1) is 20.6. The first kappa shape index (κ1) is 31.5. The van der Waals surface area contributed by atoms with Gasteiger partial charge in [0.1, 0.15) is 11.4 Å². The number of ether oxygens (including phenoxy) is 2. The molecule has 0 aliphatic heterocycles. The van der Waals surface area contributed by atoms with Crippen LogP contribution in [0.5, 0.6) is 0 Å². The third-order valence-electron chi connectivity index (χ3n) is 7.34. The standard InChI is InChI=1S/C32H42N6O5/c1-5-34-29(39)38-28-16-26-25(23-12-14-33-15-13-23)11-10-24(27(26)19-35-28)18-37-30(40)42-20-22-8-6-21(7-9-22)17-36-31(41)43-32(2,3)4/h10-16,19,21-22H,5-9,17-18,20H2,1-4H3,(H,36,41)(H,37,40)(H2,34,35,38,39). The topological polar surface area (TPSA) is 144 Å². The van der Waals surface area contributed by atoms with E-state index in [0.29, 0.717) is 37.4 Å². The Morgan fingerprint density at radius 2 is 1.63 bits per heavy atom. The zero-order valence-electron chi connectivity index (χ0n) is 25.4. The molecular weight excluding hydrogens is 548 g/mol. The number of benzene rings is 1. The number of urea groups is 1. The van der Waals surface area contributed by atoms with Gasteiger partial charge in [0.05, 0.1) is 6.61 Å². The molecule has 4 N–H and O–H groups in total. The Morgan fingerprint density at radius 1 is 0.907 bits per heavy atom. The molecule has 1 aliphatic carbocycles. The molecule has 11 heteroatoms. The lowest BCUT2D eigenvalue weighted by Crippen LogP contribution is -2.36. The maximum atomic E-state index is 12.6. The molecule has 1 saturated carbocycles. The van der Waals surface area contributed by atoms with E-state index in [4.69, 9.17) is 9.47 Å². The molecule has 0 bridgehead atoms. The van der Waals surface area contributed by atoms with E-state index >= 15 is 0 Å². The van der Waals surface area contributed by atoms with E-state index in [1.165, 1.54) is 0 Å². The van der Waals surface area contributed by atoms with Gasteiger partial charge >= 0.3 is 18.2 Å². The fourth-order valence-electron chi connectivity index (χ4n) is 5.18. The minimum Gasteiger partial charge on any atom is -0.449 e. The first-order valence-corrected chi connectivity index (χ1v) is 14.9. The zero-order chi connectivity index (χ0) is 30.8. The molecule has 43 heavy (non-hydrogen) atoms. The van der Waals surface area contributed by atoms with Gasteiger partial charge in [-0.25, -0.2) is 19.4 Å². The van der Waals surface area contributed by atoms with Gasteiger partial charge in [-0.2, -0.15) is 0 Å². The Morgan fingerprint density at radius 3 is 2.33 bits per heavy atom. The second kappa shape index (κ2) is 14.7. The molecule has 1 fully saturated rings. The van der Waals surface area contributed by atoms with Crippen molar-refractivity contribution in [2.75, 3.05) is 25.0 Å². The summed E-state index contributed by atoms with van der Waals surface area (Å²) in [6.45, 7) is 9.10. The van der Waals surface area contributed by atoms with Crippen molar-refractivity contribution in [1.82, 2.24) is 25.9 Å². The van der Waals surface area contributed by atoms with Crippen LogP contribution in [0.3, 0.4) is 0 Å². The predicted molar refractivity (Wildman–Crippen MR) is 166 cm³/mol. The number of carbonyl (C=O) groups excluding carboxylic acids is 3. The van der Waals surface area contributed by atoms with Crippen LogP contribution in [-0.2, 0) is 16.0 Å². The number of aromatic nitrogens is 2. The lowest BCUT2D eigenvalue weighted by atomic mass is 9.82. The summed E-state index contributed by atoms with van der Waals surface area (Å²) in [5.74, 6) is 1.11. The van der Waals surface area contributed by atoms with Crippen LogP contribution in [0.1, 0.15) is 58.9 Å². The average Bonchev–Trinajstić information content (AvgIpc) is 2.98. The molecule has 3 aromatic rings. The van der Waals surface area contributed by atoms with E-state index in [2.05, 4.69) is 31.2 Å². The Hall–Kier alpha value is -4.41. The molecule has 0 spiro atoms. The Bertz CT molecular complexity index is 1400. The number of anilines is 1. The maximum Gasteiger partial charge on any atom is 0.407 e. The third kappa shape index (κ3) is 9.56. The molecule has 11 nitrogen and oxygen atoms in total. The molecule has 4 rings (SSSR count). The number of carbonyl (C=O) groups is 3. The molecule has 0 atom stereocenters. The quantitative estimate of drug-likeness (QED) is 0.239. The number of amides is 4. The Labute approximate surface area is 252 Å². The summed E-state index contributed by atoms with van der Waals surface area (Å²) in [6.07, 6.45) is 8.12. The number of nitrogens with one attached hydrogen (secondary N) is 4. The number of hydrogen-bond acceptors (Lipinski definition) is 7. The summed E-state index contributed by atoms with van der Waals surface area (Å²) < 4.78 is 10.9. The van der Waals surface area contributed by atoms with E-state index in [9.17, 15) is 14.4 Å². The van der Waals surface area contributed by atoms with Crippen molar-refractivity contribution in [1.29, 1.82) is 0 Å². The smallest absolute Gasteiger partial charge is 0.407 e. The van der Waals surface area contributed by atoms with Crippen LogP contribution in [-0.4, -0.2) is 53.5 Å². The predicted octanol–water partition coefficient (Wildman–Crippen LogP) is 6.00. The van der Waals surface area contributed by atoms with Gasteiger partial charge in [0.15, 0.2) is 0 Å². The molecule has 0 unspecified atom stereocenters. The van der Waals surface area contributed by atoms with Crippen LogP contribution in [0.2, 0.25) is 0 Å². The lowest BCUT2D eigenvalue weighted by Gasteiger charge is -2.28. The highest BCUT2D eigenvalue weighted by atomic mass is 16.6. The summed E-state index contributed by atoms with van der Waals surface area (Å²) in [5.41, 5.74) is 2.30. The van der Waals surface area contributed by atoms with Crippen LogP contribution >= 0.6 is 0 Å². The van der Waals surface area contributed by atoms with Gasteiger partial charge in [0, 0.05) is 43.6 Å². The van der Waals surface area contributed by atoms with Crippen LogP contribution in [0.4, 0.5) is 20.2 Å². The number of fused-ring (bicyclic) bond motifs is 1. The fourth-order valence-corrected chi connectivity index (χ4v) is 5.18. The first-order valence-electron chi connectivity index (χ1n) is 14.9. The molecule has 0 saturated heterocycles. The summed E-state index contributed by atoms with van der Waals surface area (Å²) in [7, 11) is 0. The number of nitrogens with zero attached hydrogens (tertiary/aromatic N) is 2. The second-order valence-corrected chi connectivity index (χ2v) is 11.8. The largest absolute Gasteiger partial charge is 0.449 e. The molecular formula is C32H42N6O5. The van der Waals surface area contributed by atoms with Gasteiger partial charge in [0.2, 0.25) is 0 Å². The van der Waals surface area contributed by atoms with Crippen molar-refractivity contribution < 1.29 is 23.9 Å². The van der Waals surface area contributed by atoms with Crippen molar-refractivity contribution in [3.63, 3.8) is 0 Å². The number of hydrogen-bond donors (Lipinski definition) is 4. The van der Waals surface area contributed by atoms with Gasteiger partial charge in [-0.05, 0) is 105 Å². The second-order valence-electron chi connectivity index (χ2n) is 11.8. The molecule has 4 amide bonds. The highest BCUT2D eigenvalue weighted by Crippen LogP contribution is 2.32. The molecule has 230 valence electrons. The number of pyridine rings is 2. The molecule has 1 aromatic carbocycles. The minimum atomic E-state index is -0.512. The normalized spacial score (nSPS) is 16.7. The molecule has 0 radical (unpaired) electrons. The van der Waals surface area contributed by atoms with Crippen molar-refractivity contribution in [2.24, 2.45) is 11.8 Å². The fraction of sp³-hybridized carbons (Fsp3) is 0.469. The van der Waals surface area contributed by atoms with Crippen molar-refractivity contribution in [3.8, 4) is 11.1 Å². The van der Waals surface area contributed by atoms with Crippen molar-refractivity contribution in [3.05, 3.63) is 54.5 Å². The highest BCUT2D eigenvalue weighted by molar-refractivity contribution is 6.00. The minimum absolute atomic E-state index is 0.264. The van der Waals surface area contributed by atoms with E-state index in [-0.39, 0.29) is 18.7 Å². The van der Waals surface area contributed by atoms with E-state index in [0.717, 1.165) is 53.1 Å². The Balaban J connectivity index is 1.31. The zero-order valence-corrected chi connectivity index (χ0v) is 25.4. The highest BCUT2D eigenvalue weighted by Gasteiger charge is 2.24. The molecule has 2 heterocycles. The van der Waals surface area contributed by atoms with Crippen LogP contribution in [0, 0.1) is 11.8 Å². The van der Waals surface area contributed by atoms with E-state index in [1.54, 1.807) is 18.6 Å². The van der Waals surface area contributed by atoms with E-state index in [1.807, 2.05) is 58.0 Å². The van der Waals surface area contributed by atoms with Crippen molar-refractivity contribution >= 4 is 34.8 Å². The van der Waals surface area contributed by atoms with Gasteiger partial charge in [0.25, 0.3) is 0 Å². The molecule has 2 aromatic heterocycles. The summed E-state index contributed by atoms with van der Waals surface area (Å²) in [5, 5.41) is 13.0. The average molecular weight is 591 g/mol. The van der Waals surface area contributed by atoms with Gasteiger partial charge in [-0.15, -0.1) is 0 Å². The SMILES string of the molecule is CCNC(=O)Nc1cc2c(-c3ccncc3)ccc(CNC(=O)OCC3CCC(CNC(=O)OC(C)(C)C)CC3)c2cn1. The van der Waals surface area contributed by atoms with Crippen LogP contribution < -0.4 is 21.3 Å². The monoisotopic (exact) mass is 590 g/mol.